The Balaban J connectivity index is 1.82. The van der Waals surface area contributed by atoms with Crippen LogP contribution in [0.2, 0.25) is 0 Å². The summed E-state index contributed by atoms with van der Waals surface area (Å²) in [7, 11) is 0. The highest BCUT2D eigenvalue weighted by Gasteiger charge is 2.22. The molecule has 2 heteroatoms. The second-order valence-corrected chi connectivity index (χ2v) is 5.30. The zero-order chi connectivity index (χ0) is 10.5. The molecule has 1 aliphatic carbocycles. The third-order valence-electron chi connectivity index (χ3n) is 2.89. The van der Waals surface area contributed by atoms with Crippen molar-refractivity contribution >= 4 is 11.8 Å². The average molecular weight is 220 g/mol. The van der Waals surface area contributed by atoms with Gasteiger partial charge in [-0.25, -0.2) is 0 Å². The third kappa shape index (κ3) is 3.25. The van der Waals surface area contributed by atoms with Crippen molar-refractivity contribution in [2.45, 2.75) is 36.7 Å². The molecule has 1 fully saturated rings. The minimum absolute atomic E-state index is 0.596. The first-order valence-corrected chi connectivity index (χ1v) is 6.68. The highest BCUT2D eigenvalue weighted by molar-refractivity contribution is 7.99. The Hall–Kier alpha value is -0.470. The largest absolute Gasteiger partial charge is 0.323 e. The van der Waals surface area contributed by atoms with Gasteiger partial charge in [-0.2, -0.15) is 11.8 Å². The Morgan fingerprint density at radius 3 is 2.73 bits per heavy atom. The second kappa shape index (κ2) is 5.57. The Labute approximate surface area is 96.4 Å². The summed E-state index contributed by atoms with van der Waals surface area (Å²) in [6.45, 7) is 0. The molecule has 1 saturated carbocycles. The smallest absolute Gasteiger partial charge is 0.0468 e. The fourth-order valence-corrected chi connectivity index (χ4v) is 3.22. The van der Waals surface area contributed by atoms with Crippen LogP contribution in [0.1, 0.15) is 31.2 Å². The summed E-state index contributed by atoms with van der Waals surface area (Å²) in [5, 5.41) is 0.596. The van der Waals surface area contributed by atoms with Crippen LogP contribution < -0.4 is 5.73 Å². The van der Waals surface area contributed by atoms with E-state index >= 15 is 0 Å². The Morgan fingerprint density at radius 2 is 2.00 bits per heavy atom. The molecule has 1 aromatic carbocycles. The molecule has 1 atom stereocenters. The number of hydrogen-bond acceptors (Lipinski definition) is 2. The molecule has 1 unspecified atom stereocenters. The van der Waals surface area contributed by atoms with E-state index in [9.17, 15) is 0 Å². The lowest BCUT2D eigenvalue weighted by atomic mass is 9.96. The van der Waals surface area contributed by atoms with Crippen LogP contribution >= 0.6 is 11.8 Å². The van der Waals surface area contributed by atoms with Gasteiger partial charge in [0.1, 0.15) is 0 Å². The Morgan fingerprint density at radius 1 is 1.20 bits per heavy atom. The molecule has 2 N–H and O–H groups in total. The van der Waals surface area contributed by atoms with E-state index in [4.69, 9.17) is 5.73 Å². The van der Waals surface area contributed by atoms with Crippen LogP contribution in [0.4, 0.5) is 0 Å². The van der Waals surface area contributed by atoms with E-state index in [0.717, 1.165) is 12.2 Å². The molecule has 0 aromatic heterocycles. The number of rotatable bonds is 3. The van der Waals surface area contributed by atoms with E-state index in [0.29, 0.717) is 5.25 Å². The summed E-state index contributed by atoms with van der Waals surface area (Å²) >= 11 is 2.00. The molecular weight excluding hydrogens is 202 g/mol. The number of benzene rings is 1. The molecule has 0 amide bonds. The number of nitrogens with two attached hydrogens (primary N) is 1. The highest BCUT2D eigenvalue weighted by Crippen LogP contribution is 2.33. The molecule has 1 aliphatic rings. The normalized spacial score (nSPS) is 22.9. The zero-order valence-electron chi connectivity index (χ0n) is 8.99. The topological polar surface area (TPSA) is 26.0 Å². The van der Waals surface area contributed by atoms with Gasteiger partial charge in [-0.15, -0.1) is 0 Å². The molecule has 0 saturated heterocycles. The fraction of sp³-hybridized carbons (Fsp3) is 0.462. The van der Waals surface area contributed by atoms with E-state index in [2.05, 4.69) is 30.3 Å². The van der Waals surface area contributed by atoms with Gasteiger partial charge in [0, 0.05) is 17.0 Å². The van der Waals surface area contributed by atoms with Crippen molar-refractivity contribution in [1.82, 2.24) is 0 Å². The van der Waals surface area contributed by atoms with Crippen LogP contribution in [0.5, 0.6) is 0 Å². The molecular formula is C13H18NS. The molecule has 0 bridgehead atoms. The van der Waals surface area contributed by atoms with Crippen LogP contribution in [0.15, 0.2) is 30.3 Å². The quantitative estimate of drug-likeness (QED) is 0.845. The molecule has 81 valence electrons. The number of hydrogen-bond donors (Lipinski definition) is 1. The lowest BCUT2D eigenvalue weighted by molar-refractivity contribution is 0.540. The first-order chi connectivity index (χ1) is 7.36. The van der Waals surface area contributed by atoms with E-state index < -0.39 is 0 Å². The summed E-state index contributed by atoms with van der Waals surface area (Å²) in [6, 6.07) is 11.9. The standard InChI is InChI=1S/C13H18NS/c14-12-8-4-5-9-13(12)15-10-11-6-2-1-3-7-11/h1-3,6-7,13H,4-5,8-10,14H2. The van der Waals surface area contributed by atoms with Crippen molar-refractivity contribution in [3.05, 3.63) is 41.9 Å². The van der Waals surface area contributed by atoms with Crippen LogP contribution in [-0.4, -0.2) is 5.25 Å². The van der Waals surface area contributed by atoms with Crippen LogP contribution in [0.25, 0.3) is 0 Å². The van der Waals surface area contributed by atoms with Gasteiger partial charge in [0.25, 0.3) is 0 Å². The van der Waals surface area contributed by atoms with E-state index in [1.54, 1.807) is 0 Å². The number of thioether (sulfide) groups is 1. The maximum atomic E-state index is 6.04. The minimum Gasteiger partial charge on any atom is -0.323 e. The van der Waals surface area contributed by atoms with Crippen molar-refractivity contribution < 1.29 is 0 Å². The van der Waals surface area contributed by atoms with Gasteiger partial charge in [-0.05, 0) is 18.4 Å². The van der Waals surface area contributed by atoms with Crippen molar-refractivity contribution in [3.63, 3.8) is 0 Å². The SMILES string of the molecule is N[C]1CCCCC1SCc1ccccc1. The maximum absolute atomic E-state index is 6.04. The summed E-state index contributed by atoms with van der Waals surface area (Å²) < 4.78 is 0. The van der Waals surface area contributed by atoms with Crippen LogP contribution in [0, 0.1) is 6.04 Å². The van der Waals surface area contributed by atoms with Crippen molar-refractivity contribution in [1.29, 1.82) is 0 Å². The summed E-state index contributed by atoms with van der Waals surface area (Å²) in [5.41, 5.74) is 7.44. The zero-order valence-corrected chi connectivity index (χ0v) is 9.80. The molecule has 1 radical (unpaired) electrons. The summed E-state index contributed by atoms with van der Waals surface area (Å²) in [6.07, 6.45) is 5.02. The van der Waals surface area contributed by atoms with E-state index in [-0.39, 0.29) is 0 Å². The molecule has 1 nitrogen and oxygen atoms in total. The first kappa shape index (κ1) is 11.0. The molecule has 0 aliphatic heterocycles. The highest BCUT2D eigenvalue weighted by atomic mass is 32.2. The van der Waals surface area contributed by atoms with Crippen LogP contribution in [0.3, 0.4) is 0 Å². The predicted octanol–water partition coefficient (Wildman–Crippen LogP) is 3.35. The second-order valence-electron chi connectivity index (χ2n) is 4.11. The fourth-order valence-electron chi connectivity index (χ4n) is 1.97. The van der Waals surface area contributed by atoms with Gasteiger partial charge in [0.15, 0.2) is 0 Å². The summed E-state index contributed by atoms with van der Waals surface area (Å²) in [5.74, 6) is 1.09. The van der Waals surface area contributed by atoms with Crippen molar-refractivity contribution in [2.24, 2.45) is 5.73 Å². The Kier molecular flexibility index (Phi) is 4.09. The Bertz CT molecular complexity index is 286. The summed E-state index contributed by atoms with van der Waals surface area (Å²) in [4.78, 5) is 0. The first-order valence-electron chi connectivity index (χ1n) is 5.63. The lowest BCUT2D eigenvalue weighted by Crippen LogP contribution is -2.27. The van der Waals surface area contributed by atoms with Gasteiger partial charge >= 0.3 is 0 Å². The molecule has 15 heavy (non-hydrogen) atoms. The molecule has 0 heterocycles. The lowest BCUT2D eigenvalue weighted by Gasteiger charge is -2.27. The van der Waals surface area contributed by atoms with Crippen molar-refractivity contribution in [3.8, 4) is 0 Å². The van der Waals surface area contributed by atoms with E-state index in [1.165, 1.54) is 30.9 Å². The van der Waals surface area contributed by atoms with Gasteiger partial charge < -0.3 is 5.73 Å². The van der Waals surface area contributed by atoms with E-state index in [1.807, 2.05) is 11.8 Å². The van der Waals surface area contributed by atoms with Crippen molar-refractivity contribution in [2.75, 3.05) is 0 Å². The monoisotopic (exact) mass is 220 g/mol. The van der Waals surface area contributed by atoms with Gasteiger partial charge in [-0.1, -0.05) is 43.2 Å². The van der Waals surface area contributed by atoms with Gasteiger partial charge in [0.05, 0.1) is 0 Å². The maximum Gasteiger partial charge on any atom is 0.0468 e. The van der Waals surface area contributed by atoms with Crippen LogP contribution in [-0.2, 0) is 5.75 Å². The third-order valence-corrected chi connectivity index (χ3v) is 4.33. The average Bonchev–Trinajstić information content (AvgIpc) is 2.29. The van der Waals surface area contributed by atoms with Gasteiger partial charge in [-0.3, -0.25) is 0 Å². The predicted molar refractivity (Wildman–Crippen MR) is 67.4 cm³/mol. The molecule has 2 rings (SSSR count). The molecule has 1 aromatic rings. The minimum atomic E-state index is 0.596. The molecule has 0 spiro atoms. The van der Waals surface area contributed by atoms with Gasteiger partial charge in [0.2, 0.25) is 0 Å².